The maximum atomic E-state index is 15.0. The van der Waals surface area contributed by atoms with Gasteiger partial charge in [0.15, 0.2) is 0 Å². The number of piperazine rings is 1. The second kappa shape index (κ2) is 8.58. The van der Waals surface area contributed by atoms with Crippen LogP contribution in [0.25, 0.3) is 0 Å². The zero-order valence-electron chi connectivity index (χ0n) is 17.1. The average molecular weight is 457 g/mol. The van der Waals surface area contributed by atoms with Crippen molar-refractivity contribution in [3.8, 4) is 0 Å². The summed E-state index contributed by atoms with van der Waals surface area (Å²) in [6.45, 7) is 2.83. The first-order valence-corrected chi connectivity index (χ1v) is 11.2. The third-order valence-electron chi connectivity index (χ3n) is 5.62. The highest BCUT2D eigenvalue weighted by atomic mass is 32.1. The summed E-state index contributed by atoms with van der Waals surface area (Å²) in [7, 11) is 0. The van der Waals surface area contributed by atoms with Crippen LogP contribution in [-0.4, -0.2) is 70.7 Å². The lowest BCUT2D eigenvalue weighted by Crippen LogP contribution is -2.48. The molecular formula is C21H21FN6O3S. The van der Waals surface area contributed by atoms with Crippen LogP contribution in [0.5, 0.6) is 0 Å². The average Bonchev–Trinajstić information content (AvgIpc) is 3.56. The summed E-state index contributed by atoms with van der Waals surface area (Å²) < 4.78 is 21.9. The maximum absolute atomic E-state index is 15.0. The van der Waals surface area contributed by atoms with Crippen molar-refractivity contribution >= 4 is 34.7 Å². The lowest BCUT2D eigenvalue weighted by atomic mass is 10.2. The van der Waals surface area contributed by atoms with Gasteiger partial charge in [0.25, 0.3) is 5.91 Å². The molecule has 1 atom stereocenters. The summed E-state index contributed by atoms with van der Waals surface area (Å²) >= 11 is 1.42. The van der Waals surface area contributed by atoms with Gasteiger partial charge < -0.3 is 14.5 Å². The van der Waals surface area contributed by atoms with Crippen molar-refractivity contribution < 1.29 is 18.7 Å². The number of ether oxygens (including phenoxy) is 1. The molecule has 5 rings (SSSR count). The van der Waals surface area contributed by atoms with Gasteiger partial charge in [-0.3, -0.25) is 9.69 Å². The molecule has 2 aliphatic heterocycles. The van der Waals surface area contributed by atoms with Crippen molar-refractivity contribution in [2.45, 2.75) is 12.6 Å². The van der Waals surface area contributed by atoms with Crippen LogP contribution in [0.1, 0.15) is 9.67 Å². The van der Waals surface area contributed by atoms with Crippen LogP contribution in [0.15, 0.2) is 48.1 Å². The number of rotatable bonds is 5. The number of carbonyl (C=O) groups excluding carboxylic acids is 2. The van der Waals surface area contributed by atoms with E-state index in [-0.39, 0.29) is 12.0 Å². The molecule has 11 heteroatoms. The van der Waals surface area contributed by atoms with Gasteiger partial charge in [0.05, 0.1) is 35.5 Å². The first-order valence-electron chi connectivity index (χ1n) is 10.3. The fourth-order valence-electron chi connectivity index (χ4n) is 3.99. The molecule has 3 aromatic rings. The Morgan fingerprint density at radius 1 is 1.22 bits per heavy atom. The van der Waals surface area contributed by atoms with E-state index in [2.05, 4.69) is 10.3 Å². The van der Waals surface area contributed by atoms with Crippen LogP contribution < -0.4 is 9.80 Å². The summed E-state index contributed by atoms with van der Waals surface area (Å²) in [6, 6.07) is 8.44. The van der Waals surface area contributed by atoms with Crippen molar-refractivity contribution in [1.82, 2.24) is 19.9 Å². The molecule has 0 N–H and O–H groups in total. The van der Waals surface area contributed by atoms with E-state index < -0.39 is 11.9 Å². The van der Waals surface area contributed by atoms with Gasteiger partial charge in [0.2, 0.25) is 0 Å². The number of cyclic esters (lactones) is 1. The zero-order chi connectivity index (χ0) is 22.1. The molecule has 0 aliphatic carbocycles. The van der Waals surface area contributed by atoms with Crippen molar-refractivity contribution in [1.29, 1.82) is 0 Å². The SMILES string of the molecule is O=C(c1cccs1)N1CCN(c2ccc(N3C[C@H](Cn4ccnn4)OC3=O)cc2F)CC1. The smallest absolute Gasteiger partial charge is 0.414 e. The number of aromatic nitrogens is 3. The number of hydrogen-bond acceptors (Lipinski definition) is 7. The number of benzene rings is 1. The summed E-state index contributed by atoms with van der Waals surface area (Å²) in [5.74, 6) is -0.392. The Hall–Kier alpha value is -3.47. The van der Waals surface area contributed by atoms with Gasteiger partial charge in [-0.2, -0.15) is 0 Å². The fraction of sp³-hybridized carbons (Fsp3) is 0.333. The van der Waals surface area contributed by atoms with Crippen molar-refractivity contribution in [2.75, 3.05) is 42.5 Å². The predicted octanol–water partition coefficient (Wildman–Crippen LogP) is 2.47. The second-order valence-corrected chi connectivity index (χ2v) is 8.58. The maximum Gasteiger partial charge on any atom is 0.414 e. The number of anilines is 2. The topological polar surface area (TPSA) is 83.8 Å². The number of amides is 2. The van der Waals surface area contributed by atoms with Crippen LogP contribution >= 0.6 is 11.3 Å². The van der Waals surface area contributed by atoms with E-state index in [1.165, 1.54) is 22.3 Å². The van der Waals surface area contributed by atoms with Gasteiger partial charge >= 0.3 is 6.09 Å². The second-order valence-electron chi connectivity index (χ2n) is 7.63. The largest absolute Gasteiger partial charge is 0.442 e. The lowest BCUT2D eigenvalue weighted by molar-refractivity contribution is 0.0751. The van der Waals surface area contributed by atoms with E-state index in [4.69, 9.17) is 4.74 Å². The first kappa shape index (κ1) is 20.4. The molecule has 2 saturated heterocycles. The Kier molecular flexibility index (Phi) is 5.48. The monoisotopic (exact) mass is 456 g/mol. The number of carbonyl (C=O) groups is 2. The molecule has 9 nitrogen and oxygen atoms in total. The molecule has 0 spiro atoms. The molecule has 0 unspecified atom stereocenters. The van der Waals surface area contributed by atoms with Crippen LogP contribution in [0.3, 0.4) is 0 Å². The molecule has 166 valence electrons. The minimum absolute atomic E-state index is 0.0171. The fourth-order valence-corrected chi connectivity index (χ4v) is 4.68. The van der Waals surface area contributed by atoms with Gasteiger partial charge in [0.1, 0.15) is 11.9 Å². The summed E-state index contributed by atoms with van der Waals surface area (Å²) in [4.78, 5) is 30.7. The molecule has 2 fully saturated rings. The summed E-state index contributed by atoms with van der Waals surface area (Å²) in [5.41, 5.74) is 0.910. The number of halogens is 1. The normalized spacial score (nSPS) is 18.8. The van der Waals surface area contributed by atoms with E-state index in [0.29, 0.717) is 55.5 Å². The van der Waals surface area contributed by atoms with Crippen molar-refractivity contribution in [2.24, 2.45) is 0 Å². The molecule has 0 bridgehead atoms. The van der Waals surface area contributed by atoms with E-state index in [0.717, 1.165) is 0 Å². The highest BCUT2D eigenvalue weighted by Crippen LogP contribution is 2.29. The Morgan fingerprint density at radius 3 is 2.75 bits per heavy atom. The number of hydrogen-bond donors (Lipinski definition) is 0. The van der Waals surface area contributed by atoms with Crippen LogP contribution in [0, 0.1) is 5.82 Å². The van der Waals surface area contributed by atoms with E-state index in [1.54, 1.807) is 34.1 Å². The number of thiophene rings is 1. The molecule has 2 amide bonds. The Bertz CT molecular complexity index is 1100. The Labute approximate surface area is 187 Å². The van der Waals surface area contributed by atoms with Crippen molar-refractivity contribution in [3.05, 3.63) is 58.8 Å². The molecule has 0 radical (unpaired) electrons. The molecule has 4 heterocycles. The Morgan fingerprint density at radius 2 is 2.06 bits per heavy atom. The van der Waals surface area contributed by atoms with Crippen LogP contribution in [0.2, 0.25) is 0 Å². The molecular weight excluding hydrogens is 435 g/mol. The minimum Gasteiger partial charge on any atom is -0.442 e. The van der Waals surface area contributed by atoms with Gasteiger partial charge in [0, 0.05) is 32.4 Å². The van der Waals surface area contributed by atoms with Crippen LogP contribution in [0.4, 0.5) is 20.6 Å². The van der Waals surface area contributed by atoms with Gasteiger partial charge in [-0.15, -0.1) is 16.4 Å². The summed E-state index contributed by atoms with van der Waals surface area (Å²) in [6.07, 6.45) is 2.35. The van der Waals surface area contributed by atoms with Crippen molar-refractivity contribution in [3.63, 3.8) is 0 Å². The van der Waals surface area contributed by atoms with Crippen LogP contribution in [-0.2, 0) is 11.3 Å². The van der Waals surface area contributed by atoms with E-state index >= 15 is 0 Å². The van der Waals surface area contributed by atoms with E-state index in [1.807, 2.05) is 22.4 Å². The molecule has 32 heavy (non-hydrogen) atoms. The zero-order valence-corrected chi connectivity index (χ0v) is 17.9. The standard InChI is InChI=1S/C21H21FN6O3S/c22-17-12-15(28-14-16(31-21(28)30)13-27-6-5-23-24-27)3-4-18(17)25-7-9-26(10-8-25)20(29)19-2-1-11-32-19/h1-6,11-12,16H,7-10,13-14H2/t16-/m0/s1. The number of nitrogens with zero attached hydrogens (tertiary/aromatic N) is 6. The third-order valence-corrected chi connectivity index (χ3v) is 6.48. The van der Waals surface area contributed by atoms with Gasteiger partial charge in [-0.25, -0.2) is 13.9 Å². The first-order chi connectivity index (χ1) is 15.6. The summed E-state index contributed by atoms with van der Waals surface area (Å²) in [5, 5.41) is 9.50. The third kappa shape index (κ3) is 4.03. The lowest BCUT2D eigenvalue weighted by Gasteiger charge is -2.36. The molecule has 2 aromatic heterocycles. The quantitative estimate of drug-likeness (QED) is 0.587. The molecule has 2 aliphatic rings. The molecule has 0 saturated carbocycles. The minimum atomic E-state index is -0.511. The highest BCUT2D eigenvalue weighted by molar-refractivity contribution is 7.12. The van der Waals surface area contributed by atoms with Gasteiger partial charge in [-0.1, -0.05) is 11.3 Å². The predicted molar refractivity (Wildman–Crippen MR) is 116 cm³/mol. The molecule has 1 aromatic carbocycles. The Balaban J connectivity index is 1.22. The van der Waals surface area contributed by atoms with Gasteiger partial charge in [-0.05, 0) is 29.6 Å². The highest BCUT2D eigenvalue weighted by Gasteiger charge is 2.33. The van der Waals surface area contributed by atoms with E-state index in [9.17, 15) is 14.0 Å².